The third-order valence-corrected chi connectivity index (χ3v) is 1.89. The minimum absolute atomic E-state index is 0.00674. The van der Waals surface area contributed by atoms with Gasteiger partial charge in [0.2, 0.25) is 0 Å². The van der Waals surface area contributed by atoms with E-state index in [-0.39, 0.29) is 5.41 Å². The fraction of sp³-hybridized carbons (Fsp3) is 0.444. The molecular weight excluding hydrogens is 164 g/mol. The van der Waals surface area contributed by atoms with Gasteiger partial charge in [-0.05, 0) is 6.07 Å². The molecule has 2 aromatic rings. The highest BCUT2D eigenvalue weighted by atomic mass is 15.4. The number of aromatic nitrogens is 4. The molecule has 0 aromatic carbocycles. The van der Waals surface area contributed by atoms with Gasteiger partial charge in [-0.25, -0.2) is 4.98 Å². The Bertz CT molecular complexity index is 424. The van der Waals surface area contributed by atoms with Crippen LogP contribution < -0.4 is 0 Å². The Balaban J connectivity index is 2.75. The highest BCUT2D eigenvalue weighted by Gasteiger charge is 2.19. The Labute approximate surface area is 76.6 Å². The molecule has 0 aliphatic heterocycles. The second-order valence-corrected chi connectivity index (χ2v) is 4.09. The van der Waals surface area contributed by atoms with Crippen LogP contribution in [0.25, 0.3) is 5.52 Å². The molecule has 0 fully saturated rings. The average Bonchev–Trinajstić information content (AvgIpc) is 2.48. The number of rotatable bonds is 0. The molecule has 0 bridgehead atoms. The Hall–Kier alpha value is -1.45. The van der Waals surface area contributed by atoms with Crippen LogP contribution in [-0.4, -0.2) is 19.8 Å². The van der Waals surface area contributed by atoms with Crippen molar-refractivity contribution >= 4 is 5.52 Å². The molecule has 2 aromatic heterocycles. The van der Waals surface area contributed by atoms with Gasteiger partial charge in [0.15, 0.2) is 0 Å². The Morgan fingerprint density at radius 2 is 2.08 bits per heavy atom. The standard InChI is InChI=1S/C9H12N4/c1-9(2,3)8-10-5-4-7-6-11-12-13(7)8/h4-6H,1-3H3. The van der Waals surface area contributed by atoms with Crippen LogP contribution in [0, 0.1) is 0 Å². The van der Waals surface area contributed by atoms with Crippen molar-refractivity contribution in [2.75, 3.05) is 0 Å². The van der Waals surface area contributed by atoms with Crippen molar-refractivity contribution in [1.29, 1.82) is 0 Å². The summed E-state index contributed by atoms with van der Waals surface area (Å²) in [5, 5.41) is 7.84. The third-order valence-electron chi connectivity index (χ3n) is 1.89. The highest BCUT2D eigenvalue weighted by molar-refractivity contribution is 5.42. The monoisotopic (exact) mass is 176 g/mol. The van der Waals surface area contributed by atoms with E-state index in [2.05, 4.69) is 36.1 Å². The minimum atomic E-state index is -0.00674. The van der Waals surface area contributed by atoms with E-state index in [1.165, 1.54) is 0 Å². The SMILES string of the molecule is CC(C)(C)c1nccc2cnnn12. The lowest BCUT2D eigenvalue weighted by atomic mass is 9.95. The molecule has 0 aliphatic rings. The van der Waals surface area contributed by atoms with Gasteiger partial charge in [-0.3, -0.25) is 0 Å². The van der Waals surface area contributed by atoms with Gasteiger partial charge in [-0.15, -0.1) is 5.10 Å². The van der Waals surface area contributed by atoms with Crippen LogP contribution in [0.3, 0.4) is 0 Å². The molecule has 0 amide bonds. The molecule has 13 heavy (non-hydrogen) atoms. The molecular formula is C9H12N4. The largest absolute Gasteiger partial charge is 0.241 e. The van der Waals surface area contributed by atoms with Gasteiger partial charge < -0.3 is 0 Å². The summed E-state index contributed by atoms with van der Waals surface area (Å²) >= 11 is 0. The van der Waals surface area contributed by atoms with E-state index in [0.717, 1.165) is 11.3 Å². The van der Waals surface area contributed by atoms with Gasteiger partial charge in [0, 0.05) is 11.6 Å². The fourth-order valence-corrected chi connectivity index (χ4v) is 1.27. The summed E-state index contributed by atoms with van der Waals surface area (Å²) in [4.78, 5) is 4.31. The molecule has 0 radical (unpaired) electrons. The number of hydrogen-bond donors (Lipinski definition) is 0. The van der Waals surface area contributed by atoms with E-state index in [9.17, 15) is 0 Å². The quantitative estimate of drug-likeness (QED) is 0.609. The van der Waals surface area contributed by atoms with E-state index in [0.29, 0.717) is 0 Å². The van der Waals surface area contributed by atoms with Crippen LogP contribution in [0.2, 0.25) is 0 Å². The molecule has 0 unspecified atom stereocenters. The lowest BCUT2D eigenvalue weighted by Crippen LogP contribution is -2.19. The number of hydrogen-bond acceptors (Lipinski definition) is 3. The van der Waals surface area contributed by atoms with Crippen molar-refractivity contribution in [3.63, 3.8) is 0 Å². The minimum Gasteiger partial charge on any atom is -0.241 e. The molecule has 2 rings (SSSR count). The van der Waals surface area contributed by atoms with Gasteiger partial charge in [0.05, 0.1) is 11.7 Å². The fourth-order valence-electron chi connectivity index (χ4n) is 1.27. The molecule has 0 N–H and O–H groups in total. The zero-order valence-electron chi connectivity index (χ0n) is 8.02. The zero-order valence-corrected chi connectivity index (χ0v) is 8.02. The Kier molecular flexibility index (Phi) is 1.58. The summed E-state index contributed by atoms with van der Waals surface area (Å²) in [7, 11) is 0. The van der Waals surface area contributed by atoms with Crippen molar-refractivity contribution in [2.24, 2.45) is 0 Å². The average molecular weight is 176 g/mol. The van der Waals surface area contributed by atoms with Crippen molar-refractivity contribution in [3.8, 4) is 0 Å². The lowest BCUT2D eigenvalue weighted by molar-refractivity contribution is 0.519. The summed E-state index contributed by atoms with van der Waals surface area (Å²) in [6.07, 6.45) is 3.52. The topological polar surface area (TPSA) is 43.1 Å². The molecule has 2 heterocycles. The molecule has 0 atom stereocenters. The van der Waals surface area contributed by atoms with Crippen molar-refractivity contribution in [1.82, 2.24) is 19.8 Å². The first-order valence-corrected chi connectivity index (χ1v) is 4.25. The van der Waals surface area contributed by atoms with E-state index in [1.54, 1.807) is 16.9 Å². The summed E-state index contributed by atoms with van der Waals surface area (Å²) < 4.78 is 1.78. The molecule has 0 saturated heterocycles. The van der Waals surface area contributed by atoms with Crippen molar-refractivity contribution in [2.45, 2.75) is 26.2 Å². The predicted molar refractivity (Wildman–Crippen MR) is 49.5 cm³/mol. The first kappa shape index (κ1) is 8.16. The van der Waals surface area contributed by atoms with E-state index >= 15 is 0 Å². The molecule has 68 valence electrons. The Morgan fingerprint density at radius 3 is 2.77 bits per heavy atom. The maximum absolute atomic E-state index is 4.31. The van der Waals surface area contributed by atoms with Crippen LogP contribution in [-0.2, 0) is 5.41 Å². The first-order chi connectivity index (χ1) is 6.09. The molecule has 0 spiro atoms. The van der Waals surface area contributed by atoms with Gasteiger partial charge in [-0.2, -0.15) is 4.52 Å². The second kappa shape index (κ2) is 2.52. The summed E-state index contributed by atoms with van der Waals surface area (Å²) in [5.74, 6) is 0.933. The van der Waals surface area contributed by atoms with E-state index in [1.807, 2.05) is 6.07 Å². The van der Waals surface area contributed by atoms with Gasteiger partial charge in [-0.1, -0.05) is 26.0 Å². The van der Waals surface area contributed by atoms with Crippen LogP contribution in [0.15, 0.2) is 18.5 Å². The Morgan fingerprint density at radius 1 is 1.31 bits per heavy atom. The number of fused-ring (bicyclic) bond motifs is 1. The summed E-state index contributed by atoms with van der Waals surface area (Å²) in [6.45, 7) is 6.32. The summed E-state index contributed by atoms with van der Waals surface area (Å²) in [6, 6.07) is 1.90. The predicted octanol–water partition coefficient (Wildman–Crippen LogP) is 1.42. The molecule has 0 saturated carbocycles. The highest BCUT2D eigenvalue weighted by Crippen LogP contribution is 2.19. The van der Waals surface area contributed by atoms with Crippen LogP contribution in [0.5, 0.6) is 0 Å². The van der Waals surface area contributed by atoms with Crippen LogP contribution in [0.4, 0.5) is 0 Å². The first-order valence-electron chi connectivity index (χ1n) is 4.25. The van der Waals surface area contributed by atoms with Gasteiger partial charge in [0.1, 0.15) is 5.82 Å². The maximum atomic E-state index is 4.31. The number of nitrogens with zero attached hydrogens (tertiary/aromatic N) is 4. The van der Waals surface area contributed by atoms with Crippen LogP contribution in [0.1, 0.15) is 26.6 Å². The molecule has 4 nitrogen and oxygen atoms in total. The maximum Gasteiger partial charge on any atom is 0.137 e. The van der Waals surface area contributed by atoms with E-state index in [4.69, 9.17) is 0 Å². The second-order valence-electron chi connectivity index (χ2n) is 4.09. The van der Waals surface area contributed by atoms with Crippen molar-refractivity contribution < 1.29 is 0 Å². The van der Waals surface area contributed by atoms with Gasteiger partial charge in [0.25, 0.3) is 0 Å². The van der Waals surface area contributed by atoms with Crippen LogP contribution >= 0.6 is 0 Å². The molecule has 0 aliphatic carbocycles. The molecule has 4 heteroatoms. The van der Waals surface area contributed by atoms with E-state index < -0.39 is 0 Å². The summed E-state index contributed by atoms with van der Waals surface area (Å²) in [5.41, 5.74) is 0.979. The zero-order chi connectivity index (χ0) is 9.47. The van der Waals surface area contributed by atoms with Gasteiger partial charge >= 0.3 is 0 Å². The lowest BCUT2D eigenvalue weighted by Gasteiger charge is -2.17. The van der Waals surface area contributed by atoms with Crippen molar-refractivity contribution in [3.05, 3.63) is 24.3 Å². The normalized spacial score (nSPS) is 12.2. The third kappa shape index (κ3) is 1.28. The smallest absolute Gasteiger partial charge is 0.137 e.